The lowest BCUT2D eigenvalue weighted by atomic mass is 9.91. The Morgan fingerprint density at radius 3 is 2.67 bits per heavy atom. The first-order valence-corrected chi connectivity index (χ1v) is 5.83. The predicted molar refractivity (Wildman–Crippen MR) is 65.2 cm³/mol. The Morgan fingerprint density at radius 2 is 2.07 bits per heavy atom. The largest absolute Gasteiger partial charge is 0.364 e. The summed E-state index contributed by atoms with van der Waals surface area (Å²) in [4.78, 5) is 2.47. The van der Waals surface area contributed by atoms with Gasteiger partial charge in [-0.25, -0.2) is 0 Å². The van der Waals surface area contributed by atoms with E-state index in [4.69, 9.17) is 5.73 Å². The van der Waals surface area contributed by atoms with Gasteiger partial charge in [0.05, 0.1) is 5.54 Å². The van der Waals surface area contributed by atoms with Crippen LogP contribution in [0.2, 0.25) is 0 Å². The fourth-order valence-electron chi connectivity index (χ4n) is 2.78. The molecule has 0 aliphatic carbocycles. The first kappa shape index (κ1) is 10.5. The quantitative estimate of drug-likeness (QED) is 0.817. The van der Waals surface area contributed by atoms with Crippen molar-refractivity contribution in [3.05, 3.63) is 29.8 Å². The van der Waals surface area contributed by atoms with Crippen LogP contribution >= 0.6 is 0 Å². The Balaban J connectivity index is 2.44. The van der Waals surface area contributed by atoms with E-state index in [9.17, 15) is 0 Å². The van der Waals surface area contributed by atoms with Gasteiger partial charge >= 0.3 is 0 Å². The molecule has 0 amide bonds. The normalized spacial score (nSPS) is 24.3. The molecule has 2 N–H and O–H groups in total. The lowest BCUT2D eigenvalue weighted by molar-refractivity contribution is 0.405. The van der Waals surface area contributed by atoms with Gasteiger partial charge in [0, 0.05) is 18.8 Å². The second-order valence-corrected chi connectivity index (χ2v) is 4.33. The molecule has 1 unspecified atom stereocenters. The first-order chi connectivity index (χ1) is 7.27. The number of rotatable bonds is 3. The van der Waals surface area contributed by atoms with Gasteiger partial charge < -0.3 is 10.6 Å². The number of benzene rings is 1. The molecule has 2 heteroatoms. The Bertz CT molecular complexity index is 342. The van der Waals surface area contributed by atoms with E-state index < -0.39 is 0 Å². The number of likely N-dealkylation sites (N-methyl/N-ethyl adjacent to an activating group) is 1. The number of nitrogens with two attached hydrogens (primary N) is 1. The molecule has 2 nitrogen and oxygen atoms in total. The zero-order valence-corrected chi connectivity index (χ0v) is 9.66. The van der Waals surface area contributed by atoms with Gasteiger partial charge in [-0.2, -0.15) is 0 Å². The van der Waals surface area contributed by atoms with Crippen molar-refractivity contribution in [3.8, 4) is 0 Å². The van der Waals surface area contributed by atoms with E-state index in [-0.39, 0.29) is 5.54 Å². The zero-order valence-electron chi connectivity index (χ0n) is 9.66. The molecule has 0 bridgehead atoms. The SMILES string of the molecule is CCN1c2ccccc2CC1(CC)CN. The van der Waals surface area contributed by atoms with Gasteiger partial charge in [-0.05, 0) is 31.4 Å². The molecular formula is C13H20N2. The van der Waals surface area contributed by atoms with Gasteiger partial charge in [0.1, 0.15) is 0 Å². The summed E-state index contributed by atoms with van der Waals surface area (Å²) in [6.45, 7) is 6.23. The number of hydrogen-bond donors (Lipinski definition) is 1. The maximum absolute atomic E-state index is 5.98. The topological polar surface area (TPSA) is 29.3 Å². The average Bonchev–Trinajstić information content (AvgIpc) is 2.62. The summed E-state index contributed by atoms with van der Waals surface area (Å²) in [5.74, 6) is 0. The van der Waals surface area contributed by atoms with E-state index in [0.29, 0.717) is 0 Å². The number of anilines is 1. The van der Waals surface area contributed by atoms with Crippen molar-refractivity contribution in [1.82, 2.24) is 0 Å². The van der Waals surface area contributed by atoms with E-state index in [1.165, 1.54) is 11.3 Å². The van der Waals surface area contributed by atoms with Gasteiger partial charge in [-0.15, -0.1) is 0 Å². The van der Waals surface area contributed by atoms with Crippen LogP contribution in [0.4, 0.5) is 5.69 Å². The molecule has 1 aromatic carbocycles. The summed E-state index contributed by atoms with van der Waals surface area (Å²) in [6.07, 6.45) is 2.22. The molecule has 0 spiro atoms. The Morgan fingerprint density at radius 1 is 1.33 bits per heavy atom. The second kappa shape index (κ2) is 3.86. The van der Waals surface area contributed by atoms with Crippen LogP contribution in [-0.4, -0.2) is 18.6 Å². The van der Waals surface area contributed by atoms with Crippen molar-refractivity contribution in [1.29, 1.82) is 0 Å². The lowest BCUT2D eigenvalue weighted by Gasteiger charge is -2.38. The molecule has 15 heavy (non-hydrogen) atoms. The van der Waals surface area contributed by atoms with Gasteiger partial charge in [-0.3, -0.25) is 0 Å². The standard InChI is InChI=1S/C13H20N2/c1-3-13(10-14)9-11-7-5-6-8-12(11)15(13)4-2/h5-8H,3-4,9-10,14H2,1-2H3. The Labute approximate surface area is 92.1 Å². The molecule has 82 valence electrons. The molecule has 0 fully saturated rings. The molecule has 0 saturated carbocycles. The molecule has 1 aromatic rings. The molecule has 0 saturated heterocycles. The van der Waals surface area contributed by atoms with Crippen LogP contribution in [0.25, 0.3) is 0 Å². The van der Waals surface area contributed by atoms with Gasteiger partial charge in [0.25, 0.3) is 0 Å². The van der Waals surface area contributed by atoms with Gasteiger partial charge in [0.15, 0.2) is 0 Å². The van der Waals surface area contributed by atoms with Crippen molar-refractivity contribution in [2.45, 2.75) is 32.2 Å². The van der Waals surface area contributed by atoms with Crippen LogP contribution in [-0.2, 0) is 6.42 Å². The highest BCUT2D eigenvalue weighted by molar-refractivity contribution is 5.61. The summed E-state index contributed by atoms with van der Waals surface area (Å²) in [5, 5.41) is 0. The van der Waals surface area contributed by atoms with E-state index in [0.717, 1.165) is 25.9 Å². The zero-order chi connectivity index (χ0) is 10.9. The molecule has 0 radical (unpaired) electrons. The van der Waals surface area contributed by atoms with Crippen molar-refractivity contribution in [3.63, 3.8) is 0 Å². The third-order valence-electron chi connectivity index (χ3n) is 3.73. The number of para-hydroxylation sites is 1. The van der Waals surface area contributed by atoms with Crippen LogP contribution in [0.1, 0.15) is 25.8 Å². The number of fused-ring (bicyclic) bond motifs is 1. The van der Waals surface area contributed by atoms with Gasteiger partial charge in [0.2, 0.25) is 0 Å². The van der Waals surface area contributed by atoms with Crippen LogP contribution in [0.5, 0.6) is 0 Å². The molecule has 1 atom stereocenters. The monoisotopic (exact) mass is 204 g/mol. The highest BCUT2D eigenvalue weighted by atomic mass is 15.2. The highest BCUT2D eigenvalue weighted by Crippen LogP contribution is 2.39. The number of hydrogen-bond acceptors (Lipinski definition) is 2. The lowest BCUT2D eigenvalue weighted by Crippen LogP contribution is -2.51. The van der Waals surface area contributed by atoms with Crippen LogP contribution in [0.15, 0.2) is 24.3 Å². The van der Waals surface area contributed by atoms with Gasteiger partial charge in [-0.1, -0.05) is 25.1 Å². The Kier molecular flexibility index (Phi) is 2.70. The third-order valence-corrected chi connectivity index (χ3v) is 3.73. The summed E-state index contributed by atoms with van der Waals surface area (Å²) in [5.41, 5.74) is 8.98. The van der Waals surface area contributed by atoms with E-state index >= 15 is 0 Å². The maximum atomic E-state index is 5.98. The van der Waals surface area contributed by atoms with E-state index in [1.807, 2.05) is 0 Å². The van der Waals surface area contributed by atoms with Crippen molar-refractivity contribution >= 4 is 5.69 Å². The maximum Gasteiger partial charge on any atom is 0.0562 e. The van der Waals surface area contributed by atoms with Crippen molar-refractivity contribution in [2.24, 2.45) is 5.73 Å². The molecule has 1 heterocycles. The second-order valence-electron chi connectivity index (χ2n) is 4.33. The summed E-state index contributed by atoms with van der Waals surface area (Å²) in [6, 6.07) is 8.68. The summed E-state index contributed by atoms with van der Waals surface area (Å²) >= 11 is 0. The summed E-state index contributed by atoms with van der Waals surface area (Å²) in [7, 11) is 0. The van der Waals surface area contributed by atoms with E-state index in [1.54, 1.807) is 0 Å². The van der Waals surface area contributed by atoms with Crippen LogP contribution in [0.3, 0.4) is 0 Å². The summed E-state index contributed by atoms with van der Waals surface area (Å²) < 4.78 is 0. The average molecular weight is 204 g/mol. The predicted octanol–water partition coefficient (Wildman–Crippen LogP) is 2.18. The smallest absolute Gasteiger partial charge is 0.0562 e. The fourth-order valence-corrected chi connectivity index (χ4v) is 2.78. The first-order valence-electron chi connectivity index (χ1n) is 5.83. The fraction of sp³-hybridized carbons (Fsp3) is 0.538. The van der Waals surface area contributed by atoms with Crippen molar-refractivity contribution < 1.29 is 0 Å². The Hall–Kier alpha value is -1.02. The molecule has 2 rings (SSSR count). The van der Waals surface area contributed by atoms with Crippen molar-refractivity contribution in [2.75, 3.05) is 18.0 Å². The third kappa shape index (κ3) is 1.44. The molecule has 1 aliphatic heterocycles. The minimum Gasteiger partial charge on any atom is -0.364 e. The minimum absolute atomic E-state index is 0.165. The molecule has 0 aromatic heterocycles. The highest BCUT2D eigenvalue weighted by Gasteiger charge is 2.39. The van der Waals surface area contributed by atoms with Crippen LogP contribution in [0, 0.1) is 0 Å². The molecule has 1 aliphatic rings. The molecular weight excluding hydrogens is 184 g/mol. The van der Waals surface area contributed by atoms with Crippen LogP contribution < -0.4 is 10.6 Å². The van der Waals surface area contributed by atoms with E-state index in [2.05, 4.69) is 43.0 Å². The number of nitrogens with zero attached hydrogens (tertiary/aromatic N) is 1. The minimum atomic E-state index is 0.165.